The summed E-state index contributed by atoms with van der Waals surface area (Å²) in [5.74, 6) is 0.197. The molecule has 0 N–H and O–H groups in total. The van der Waals surface area contributed by atoms with Crippen LogP contribution in [0.25, 0.3) is 0 Å². The molecule has 2 rings (SSSR count). The predicted molar refractivity (Wildman–Crippen MR) is 108 cm³/mol. The molecule has 0 fully saturated rings. The van der Waals surface area contributed by atoms with E-state index in [2.05, 4.69) is 6.07 Å². The van der Waals surface area contributed by atoms with Crippen molar-refractivity contribution in [1.29, 1.82) is 5.26 Å². The summed E-state index contributed by atoms with van der Waals surface area (Å²) in [5.41, 5.74) is 1.71. The fraction of sp³-hybridized carbons (Fsp3) is 0.333. The Hall–Kier alpha value is -2.85. The summed E-state index contributed by atoms with van der Waals surface area (Å²) >= 11 is 0. The average molecular weight is 401 g/mol. The van der Waals surface area contributed by atoms with Crippen LogP contribution in [-0.2, 0) is 16.4 Å². The molecule has 0 aliphatic rings. The Labute approximate surface area is 166 Å². The van der Waals surface area contributed by atoms with Gasteiger partial charge in [0.15, 0.2) is 9.84 Å². The van der Waals surface area contributed by atoms with Crippen LogP contribution in [0.1, 0.15) is 35.3 Å². The Morgan fingerprint density at radius 2 is 1.93 bits per heavy atom. The van der Waals surface area contributed by atoms with Gasteiger partial charge in [0.25, 0.3) is 5.91 Å². The Bertz CT molecular complexity index is 980. The van der Waals surface area contributed by atoms with Gasteiger partial charge >= 0.3 is 0 Å². The average Bonchev–Trinajstić information content (AvgIpc) is 2.71. The summed E-state index contributed by atoms with van der Waals surface area (Å²) in [6, 6.07) is 15.6. The SMILES string of the molecule is CCS(=O)(=O)CC(C)N(C)C(=O)c1cccc(OCc2ccccc2C#N)c1. The van der Waals surface area contributed by atoms with Crippen molar-refractivity contribution >= 4 is 15.7 Å². The summed E-state index contributed by atoms with van der Waals surface area (Å²) in [6.45, 7) is 3.52. The monoisotopic (exact) mass is 400 g/mol. The molecule has 0 aliphatic heterocycles. The number of carbonyl (C=O) groups excluding carboxylic acids is 1. The molecule has 0 spiro atoms. The van der Waals surface area contributed by atoms with E-state index in [1.165, 1.54) is 4.90 Å². The number of nitriles is 1. The van der Waals surface area contributed by atoms with Gasteiger partial charge < -0.3 is 9.64 Å². The molecule has 0 saturated carbocycles. The van der Waals surface area contributed by atoms with Gasteiger partial charge in [0, 0.05) is 30.0 Å². The van der Waals surface area contributed by atoms with Crippen molar-refractivity contribution < 1.29 is 17.9 Å². The van der Waals surface area contributed by atoms with E-state index in [-0.39, 0.29) is 24.0 Å². The molecular formula is C21H24N2O4S. The molecule has 0 heterocycles. The summed E-state index contributed by atoms with van der Waals surface area (Å²) < 4.78 is 29.4. The lowest BCUT2D eigenvalue weighted by Crippen LogP contribution is -2.39. The van der Waals surface area contributed by atoms with E-state index >= 15 is 0 Å². The van der Waals surface area contributed by atoms with Crippen LogP contribution in [0.4, 0.5) is 0 Å². The molecular weight excluding hydrogens is 376 g/mol. The van der Waals surface area contributed by atoms with Crippen molar-refractivity contribution in [3.63, 3.8) is 0 Å². The molecule has 0 bridgehead atoms. The van der Waals surface area contributed by atoms with Crippen molar-refractivity contribution in [3.05, 3.63) is 65.2 Å². The minimum absolute atomic E-state index is 0.0485. The van der Waals surface area contributed by atoms with E-state index in [1.807, 2.05) is 12.1 Å². The highest BCUT2D eigenvalue weighted by Gasteiger charge is 2.22. The molecule has 1 unspecified atom stereocenters. The van der Waals surface area contributed by atoms with Gasteiger partial charge in [0.1, 0.15) is 12.4 Å². The third-order valence-corrected chi connectivity index (χ3v) is 6.40. The van der Waals surface area contributed by atoms with Crippen molar-refractivity contribution in [2.45, 2.75) is 26.5 Å². The van der Waals surface area contributed by atoms with Crippen molar-refractivity contribution in [1.82, 2.24) is 4.90 Å². The molecule has 1 amide bonds. The van der Waals surface area contributed by atoms with E-state index < -0.39 is 15.9 Å². The lowest BCUT2D eigenvalue weighted by molar-refractivity contribution is 0.0756. The van der Waals surface area contributed by atoms with E-state index in [4.69, 9.17) is 10.00 Å². The van der Waals surface area contributed by atoms with Crippen molar-refractivity contribution in [2.24, 2.45) is 0 Å². The molecule has 28 heavy (non-hydrogen) atoms. The second kappa shape index (κ2) is 9.38. The zero-order chi connectivity index (χ0) is 20.7. The maximum Gasteiger partial charge on any atom is 0.254 e. The fourth-order valence-corrected chi connectivity index (χ4v) is 3.83. The van der Waals surface area contributed by atoms with Gasteiger partial charge in [-0.05, 0) is 31.2 Å². The Balaban J connectivity index is 2.09. The molecule has 0 radical (unpaired) electrons. The largest absolute Gasteiger partial charge is 0.489 e. The summed E-state index contributed by atoms with van der Waals surface area (Å²) in [6.07, 6.45) is 0. The van der Waals surface area contributed by atoms with Crippen molar-refractivity contribution in [3.8, 4) is 11.8 Å². The lowest BCUT2D eigenvalue weighted by atomic mass is 10.1. The number of amides is 1. The normalized spacial score (nSPS) is 12.1. The third kappa shape index (κ3) is 5.57. The first-order chi connectivity index (χ1) is 13.3. The van der Waals surface area contributed by atoms with Gasteiger partial charge in [-0.15, -0.1) is 0 Å². The van der Waals surface area contributed by atoms with Crippen LogP contribution in [0.5, 0.6) is 5.75 Å². The molecule has 7 heteroatoms. The zero-order valence-electron chi connectivity index (χ0n) is 16.3. The Kier molecular flexibility index (Phi) is 7.18. The minimum atomic E-state index is -3.18. The summed E-state index contributed by atoms with van der Waals surface area (Å²) in [7, 11) is -1.59. The van der Waals surface area contributed by atoms with Crippen LogP contribution >= 0.6 is 0 Å². The Morgan fingerprint density at radius 1 is 1.21 bits per heavy atom. The number of ether oxygens (including phenoxy) is 1. The highest BCUT2D eigenvalue weighted by atomic mass is 32.2. The number of hydrogen-bond acceptors (Lipinski definition) is 5. The molecule has 0 saturated heterocycles. The van der Waals surface area contributed by atoms with Gasteiger partial charge in [0.05, 0.1) is 17.4 Å². The van der Waals surface area contributed by atoms with Crippen LogP contribution in [0.2, 0.25) is 0 Å². The first-order valence-electron chi connectivity index (χ1n) is 8.96. The number of carbonyl (C=O) groups is 1. The van der Waals surface area contributed by atoms with E-state index in [9.17, 15) is 13.2 Å². The third-order valence-electron chi connectivity index (χ3n) is 4.53. The molecule has 0 aliphatic carbocycles. The number of hydrogen-bond donors (Lipinski definition) is 0. The number of rotatable bonds is 8. The van der Waals surface area contributed by atoms with E-state index in [0.717, 1.165) is 5.56 Å². The summed E-state index contributed by atoms with van der Waals surface area (Å²) in [4.78, 5) is 14.1. The van der Waals surface area contributed by atoms with Gasteiger partial charge in [-0.25, -0.2) is 8.42 Å². The van der Waals surface area contributed by atoms with Gasteiger partial charge in [-0.1, -0.05) is 31.2 Å². The quantitative estimate of drug-likeness (QED) is 0.680. The first-order valence-corrected chi connectivity index (χ1v) is 10.8. The lowest BCUT2D eigenvalue weighted by Gasteiger charge is -2.25. The van der Waals surface area contributed by atoms with Crippen LogP contribution < -0.4 is 4.74 Å². The highest BCUT2D eigenvalue weighted by molar-refractivity contribution is 7.91. The maximum absolute atomic E-state index is 12.7. The molecule has 1 atom stereocenters. The molecule has 148 valence electrons. The van der Waals surface area contributed by atoms with Gasteiger partial charge in [-0.3, -0.25) is 4.79 Å². The Morgan fingerprint density at radius 3 is 2.61 bits per heavy atom. The predicted octanol–water partition coefficient (Wildman–Crippen LogP) is 3.03. The van der Waals surface area contributed by atoms with Crippen molar-refractivity contribution in [2.75, 3.05) is 18.6 Å². The summed E-state index contributed by atoms with van der Waals surface area (Å²) in [5, 5.41) is 9.15. The fourth-order valence-electron chi connectivity index (χ4n) is 2.64. The number of nitrogens with zero attached hydrogens (tertiary/aromatic N) is 2. The zero-order valence-corrected chi connectivity index (χ0v) is 17.1. The van der Waals surface area contributed by atoms with Crippen LogP contribution in [0.3, 0.4) is 0 Å². The van der Waals surface area contributed by atoms with Crippen LogP contribution in [0, 0.1) is 11.3 Å². The van der Waals surface area contributed by atoms with E-state index in [1.54, 1.807) is 57.3 Å². The molecule has 2 aromatic carbocycles. The minimum Gasteiger partial charge on any atom is -0.489 e. The van der Waals surface area contributed by atoms with Crippen LogP contribution in [0.15, 0.2) is 48.5 Å². The molecule has 2 aromatic rings. The second-order valence-corrected chi connectivity index (χ2v) is 8.95. The number of sulfone groups is 1. The smallest absolute Gasteiger partial charge is 0.254 e. The van der Waals surface area contributed by atoms with Gasteiger partial charge in [0.2, 0.25) is 0 Å². The maximum atomic E-state index is 12.7. The topological polar surface area (TPSA) is 87.5 Å². The standard InChI is InChI=1S/C21H24N2O4S/c1-4-28(25,26)15-16(2)23(3)21(24)17-10-7-11-20(12-17)27-14-19-9-6-5-8-18(19)13-22/h5-12,16H,4,14-15H2,1-3H3. The van der Waals surface area contributed by atoms with Crippen LogP contribution in [-0.4, -0.2) is 43.8 Å². The first kappa shape index (κ1) is 21.5. The van der Waals surface area contributed by atoms with E-state index in [0.29, 0.717) is 16.9 Å². The molecule has 0 aromatic heterocycles. The molecule has 6 nitrogen and oxygen atoms in total. The number of benzene rings is 2. The van der Waals surface area contributed by atoms with Gasteiger partial charge in [-0.2, -0.15) is 5.26 Å². The second-order valence-electron chi connectivity index (χ2n) is 6.55. The highest BCUT2D eigenvalue weighted by Crippen LogP contribution is 2.18.